The van der Waals surface area contributed by atoms with Crippen LogP contribution in [0.5, 0.6) is 0 Å². The zero-order chi connectivity index (χ0) is 19.5. The van der Waals surface area contributed by atoms with E-state index in [1.807, 2.05) is 0 Å². The van der Waals surface area contributed by atoms with Crippen LogP contribution >= 0.6 is 0 Å². The number of hydrogen-bond donors (Lipinski definition) is 3. The zero-order valence-electron chi connectivity index (χ0n) is 17.5. The number of rotatable bonds is 19. The summed E-state index contributed by atoms with van der Waals surface area (Å²) in [5, 5.41) is 22.4. The highest BCUT2D eigenvalue weighted by Crippen LogP contribution is 2.13. The van der Waals surface area contributed by atoms with Gasteiger partial charge in [-0.2, -0.15) is 0 Å². The van der Waals surface area contributed by atoms with E-state index < -0.39 is 12.1 Å². The summed E-state index contributed by atoms with van der Waals surface area (Å²) in [5.41, 5.74) is 0. The molecule has 0 aliphatic heterocycles. The first kappa shape index (κ1) is 25.4. The molecule has 2 atom stereocenters. The molecule has 0 saturated carbocycles. The first-order valence-electron chi connectivity index (χ1n) is 11.2. The van der Waals surface area contributed by atoms with E-state index in [1.165, 1.54) is 57.8 Å². The van der Waals surface area contributed by atoms with Crippen LogP contribution in [0, 0.1) is 0 Å². The second-order valence-electron chi connectivity index (χ2n) is 7.71. The first-order chi connectivity index (χ1) is 12.7. The molecule has 1 amide bonds. The van der Waals surface area contributed by atoms with Crippen molar-refractivity contribution in [2.24, 2.45) is 0 Å². The van der Waals surface area contributed by atoms with Gasteiger partial charge in [-0.05, 0) is 12.8 Å². The summed E-state index contributed by atoms with van der Waals surface area (Å²) < 4.78 is 0. The summed E-state index contributed by atoms with van der Waals surface area (Å²) in [6.07, 6.45) is 17.5. The monoisotopic (exact) mass is 371 g/mol. The van der Waals surface area contributed by atoms with Crippen molar-refractivity contribution in [2.45, 2.75) is 129 Å². The van der Waals surface area contributed by atoms with Crippen molar-refractivity contribution in [3.8, 4) is 0 Å². The van der Waals surface area contributed by atoms with Crippen LogP contribution in [0.25, 0.3) is 0 Å². The van der Waals surface area contributed by atoms with Crippen LogP contribution in [0.3, 0.4) is 0 Å². The van der Waals surface area contributed by atoms with E-state index in [1.54, 1.807) is 0 Å². The van der Waals surface area contributed by atoms with Crippen molar-refractivity contribution >= 4 is 5.91 Å². The first-order valence-corrected chi connectivity index (χ1v) is 11.2. The number of hydrogen-bond acceptors (Lipinski definition) is 3. The van der Waals surface area contributed by atoms with Crippen molar-refractivity contribution in [2.75, 3.05) is 6.61 Å². The molecule has 4 nitrogen and oxygen atoms in total. The lowest BCUT2D eigenvalue weighted by Gasteiger charge is -2.22. The van der Waals surface area contributed by atoms with Gasteiger partial charge < -0.3 is 15.5 Å². The van der Waals surface area contributed by atoms with Crippen molar-refractivity contribution in [1.29, 1.82) is 0 Å². The zero-order valence-corrected chi connectivity index (χ0v) is 17.5. The molecule has 0 aromatic heterocycles. The molecule has 0 aliphatic carbocycles. The predicted molar refractivity (Wildman–Crippen MR) is 110 cm³/mol. The minimum absolute atomic E-state index is 0.0597. The third-order valence-corrected chi connectivity index (χ3v) is 5.12. The number of nitrogens with one attached hydrogen (secondary N) is 1. The number of amides is 1. The van der Waals surface area contributed by atoms with Crippen molar-refractivity contribution in [3.63, 3.8) is 0 Å². The third kappa shape index (κ3) is 15.6. The van der Waals surface area contributed by atoms with Crippen LogP contribution < -0.4 is 5.32 Å². The highest BCUT2D eigenvalue weighted by Gasteiger charge is 2.19. The number of aliphatic hydroxyl groups is 2. The quantitative estimate of drug-likeness (QED) is 0.276. The van der Waals surface area contributed by atoms with Gasteiger partial charge in [-0.1, -0.05) is 97.3 Å². The molecule has 0 aliphatic rings. The van der Waals surface area contributed by atoms with E-state index in [0.29, 0.717) is 12.8 Å². The summed E-state index contributed by atoms with van der Waals surface area (Å²) in [4.78, 5) is 11.8. The molecule has 0 heterocycles. The standard InChI is InChI=1S/C22H45NO3/c1-3-5-7-8-9-10-11-12-13-14-16-17-21(25)20(19-24)23-22(26)18-15-6-4-2/h20-21,24-25H,3-19H2,1-2H3,(H,23,26). The molecule has 0 saturated heterocycles. The molecule has 0 fully saturated rings. The Labute approximate surface area is 162 Å². The Balaban J connectivity index is 3.60. The van der Waals surface area contributed by atoms with Crippen molar-refractivity contribution in [3.05, 3.63) is 0 Å². The van der Waals surface area contributed by atoms with Crippen LogP contribution in [0.15, 0.2) is 0 Å². The van der Waals surface area contributed by atoms with Crippen molar-refractivity contribution < 1.29 is 15.0 Å². The molecule has 0 rings (SSSR count). The number of carbonyl (C=O) groups is 1. The van der Waals surface area contributed by atoms with Crippen molar-refractivity contribution in [1.82, 2.24) is 5.32 Å². The molecule has 3 N–H and O–H groups in total. The highest BCUT2D eigenvalue weighted by molar-refractivity contribution is 5.76. The van der Waals surface area contributed by atoms with Gasteiger partial charge in [0, 0.05) is 6.42 Å². The smallest absolute Gasteiger partial charge is 0.220 e. The second kappa shape index (κ2) is 19.2. The fourth-order valence-electron chi connectivity index (χ4n) is 3.30. The van der Waals surface area contributed by atoms with Gasteiger partial charge in [0.15, 0.2) is 0 Å². The Bertz CT molecular complexity index is 310. The summed E-state index contributed by atoms with van der Waals surface area (Å²) in [7, 11) is 0. The maximum Gasteiger partial charge on any atom is 0.220 e. The minimum Gasteiger partial charge on any atom is -0.394 e. The number of aliphatic hydroxyl groups excluding tert-OH is 2. The third-order valence-electron chi connectivity index (χ3n) is 5.12. The summed E-state index contributed by atoms with van der Waals surface area (Å²) in [6.45, 7) is 4.16. The van der Waals surface area contributed by atoms with Gasteiger partial charge in [-0.3, -0.25) is 4.79 Å². The van der Waals surface area contributed by atoms with Crippen LogP contribution in [0.2, 0.25) is 0 Å². The molecule has 4 heteroatoms. The maximum absolute atomic E-state index is 11.8. The average molecular weight is 372 g/mol. The number of carbonyl (C=O) groups excluding carboxylic acids is 1. The Morgan fingerprint density at radius 2 is 1.23 bits per heavy atom. The molecule has 0 radical (unpaired) electrons. The van der Waals surface area contributed by atoms with E-state index in [2.05, 4.69) is 19.2 Å². The largest absolute Gasteiger partial charge is 0.394 e. The minimum atomic E-state index is -0.645. The van der Waals surface area contributed by atoms with E-state index >= 15 is 0 Å². The molecule has 156 valence electrons. The van der Waals surface area contributed by atoms with E-state index in [4.69, 9.17) is 0 Å². The Kier molecular flexibility index (Phi) is 18.7. The highest BCUT2D eigenvalue weighted by atomic mass is 16.3. The van der Waals surface area contributed by atoms with Crippen LogP contribution in [0.4, 0.5) is 0 Å². The SMILES string of the molecule is CCCCCCCCCCCCCC(O)C(CO)NC(=O)CCCCC. The normalized spacial score (nSPS) is 13.5. The summed E-state index contributed by atoms with van der Waals surface area (Å²) in [5.74, 6) is -0.0597. The Morgan fingerprint density at radius 1 is 0.769 bits per heavy atom. The van der Waals surface area contributed by atoms with E-state index in [0.717, 1.165) is 32.1 Å². The fraction of sp³-hybridized carbons (Fsp3) is 0.955. The molecule has 0 aromatic rings. The molecule has 26 heavy (non-hydrogen) atoms. The topological polar surface area (TPSA) is 69.6 Å². The van der Waals surface area contributed by atoms with Gasteiger partial charge in [-0.25, -0.2) is 0 Å². The lowest BCUT2D eigenvalue weighted by Crippen LogP contribution is -2.45. The molecule has 0 spiro atoms. The lowest BCUT2D eigenvalue weighted by atomic mass is 10.0. The molecular weight excluding hydrogens is 326 g/mol. The van der Waals surface area contributed by atoms with Gasteiger partial charge in [0.1, 0.15) is 0 Å². The summed E-state index contributed by atoms with van der Waals surface area (Å²) >= 11 is 0. The van der Waals surface area contributed by atoms with Gasteiger partial charge in [-0.15, -0.1) is 0 Å². The van der Waals surface area contributed by atoms with Crippen LogP contribution in [0.1, 0.15) is 117 Å². The van der Waals surface area contributed by atoms with E-state index in [-0.39, 0.29) is 12.5 Å². The van der Waals surface area contributed by atoms with E-state index in [9.17, 15) is 15.0 Å². The van der Waals surface area contributed by atoms with Crippen LogP contribution in [-0.2, 0) is 4.79 Å². The number of unbranched alkanes of at least 4 members (excludes halogenated alkanes) is 12. The van der Waals surface area contributed by atoms with Gasteiger partial charge in [0.05, 0.1) is 18.8 Å². The molecule has 0 bridgehead atoms. The molecular formula is C22H45NO3. The second-order valence-corrected chi connectivity index (χ2v) is 7.71. The molecule has 2 unspecified atom stereocenters. The molecule has 0 aromatic carbocycles. The average Bonchev–Trinajstić information content (AvgIpc) is 2.64. The van der Waals surface area contributed by atoms with Gasteiger partial charge >= 0.3 is 0 Å². The predicted octanol–water partition coefficient (Wildman–Crippen LogP) is 5.11. The van der Waals surface area contributed by atoms with Gasteiger partial charge in [0.2, 0.25) is 5.91 Å². The Morgan fingerprint density at radius 3 is 1.73 bits per heavy atom. The van der Waals surface area contributed by atoms with Gasteiger partial charge in [0.25, 0.3) is 0 Å². The maximum atomic E-state index is 11.8. The lowest BCUT2D eigenvalue weighted by molar-refractivity contribution is -0.123. The fourth-order valence-corrected chi connectivity index (χ4v) is 3.30. The summed E-state index contributed by atoms with van der Waals surface area (Å²) in [6, 6.07) is -0.521. The Hall–Kier alpha value is -0.610. The van der Waals surface area contributed by atoms with Crippen LogP contribution in [-0.4, -0.2) is 34.9 Å².